The van der Waals surface area contributed by atoms with Crippen molar-refractivity contribution in [2.24, 2.45) is 0 Å². The van der Waals surface area contributed by atoms with Crippen molar-refractivity contribution < 1.29 is 9.59 Å². The van der Waals surface area contributed by atoms with Crippen molar-refractivity contribution in [2.75, 3.05) is 4.90 Å². The first-order chi connectivity index (χ1) is 17.3. The van der Waals surface area contributed by atoms with Crippen LogP contribution in [0.15, 0.2) is 84.6 Å². The summed E-state index contributed by atoms with van der Waals surface area (Å²) in [5.41, 5.74) is 4.51. The first-order valence-corrected chi connectivity index (χ1v) is 12.4. The maximum Gasteiger partial charge on any atom is 0.270 e. The lowest BCUT2D eigenvalue weighted by Crippen LogP contribution is -2.54. The van der Waals surface area contributed by atoms with Gasteiger partial charge in [-0.25, -0.2) is 0 Å². The Morgan fingerprint density at radius 3 is 2.39 bits per heavy atom. The number of fused-ring (bicyclic) bond motifs is 1. The van der Waals surface area contributed by atoms with Crippen molar-refractivity contribution in [3.8, 4) is 0 Å². The standard InChI is InChI=1S/C29H24ClN3O2S/c1-18(2)19-11-13-22(14-12-19)33-28(35)24(27(34)31-29(33)36)15-21-17-32(26-10-6-4-8-23(21)26)16-20-7-3-5-9-25(20)30/h3-15,17-18H,16H2,1-2H3,(H,31,34,36)/b24-15+. The van der Waals surface area contributed by atoms with Crippen LogP contribution in [0.4, 0.5) is 5.69 Å². The monoisotopic (exact) mass is 513 g/mol. The molecule has 1 saturated heterocycles. The smallest absolute Gasteiger partial charge is 0.270 e. The molecule has 0 aliphatic carbocycles. The van der Waals surface area contributed by atoms with E-state index in [-0.39, 0.29) is 10.7 Å². The van der Waals surface area contributed by atoms with Gasteiger partial charge in [0, 0.05) is 34.2 Å². The highest BCUT2D eigenvalue weighted by Gasteiger charge is 2.34. The number of para-hydroxylation sites is 1. The number of benzene rings is 3. The van der Waals surface area contributed by atoms with E-state index in [1.54, 1.807) is 6.08 Å². The van der Waals surface area contributed by atoms with Gasteiger partial charge in [0.15, 0.2) is 5.11 Å². The molecular weight excluding hydrogens is 490 g/mol. The number of amides is 2. The normalized spacial score (nSPS) is 15.3. The van der Waals surface area contributed by atoms with Crippen LogP contribution in [-0.2, 0) is 16.1 Å². The van der Waals surface area contributed by atoms with Crippen molar-refractivity contribution in [1.82, 2.24) is 9.88 Å². The van der Waals surface area contributed by atoms with E-state index >= 15 is 0 Å². The zero-order chi connectivity index (χ0) is 25.4. The van der Waals surface area contributed by atoms with Crippen LogP contribution in [0.2, 0.25) is 5.02 Å². The fraction of sp³-hybridized carbons (Fsp3) is 0.138. The molecule has 0 atom stereocenters. The van der Waals surface area contributed by atoms with Crippen molar-refractivity contribution in [3.05, 3.63) is 106 Å². The van der Waals surface area contributed by atoms with Gasteiger partial charge in [0.25, 0.3) is 11.8 Å². The van der Waals surface area contributed by atoms with Crippen LogP contribution in [0.1, 0.15) is 36.5 Å². The summed E-state index contributed by atoms with van der Waals surface area (Å²) in [6.45, 7) is 4.77. The maximum atomic E-state index is 13.5. The Morgan fingerprint density at radius 2 is 1.67 bits per heavy atom. The number of carbonyl (C=O) groups is 2. The molecular formula is C29H24ClN3O2S. The largest absolute Gasteiger partial charge is 0.342 e. The first-order valence-electron chi connectivity index (χ1n) is 11.7. The summed E-state index contributed by atoms with van der Waals surface area (Å²) in [7, 11) is 0. The minimum absolute atomic E-state index is 0.0252. The Bertz CT molecular complexity index is 1540. The molecule has 0 unspecified atom stereocenters. The minimum Gasteiger partial charge on any atom is -0.342 e. The molecule has 36 heavy (non-hydrogen) atoms. The molecule has 1 N–H and O–H groups in total. The number of thiocarbonyl (C=S) groups is 1. The number of aromatic nitrogens is 1. The predicted molar refractivity (Wildman–Crippen MR) is 149 cm³/mol. The summed E-state index contributed by atoms with van der Waals surface area (Å²) >= 11 is 11.8. The van der Waals surface area contributed by atoms with Gasteiger partial charge in [-0.05, 0) is 59.6 Å². The summed E-state index contributed by atoms with van der Waals surface area (Å²) in [5.74, 6) is -0.603. The van der Waals surface area contributed by atoms with E-state index in [4.69, 9.17) is 23.8 Å². The van der Waals surface area contributed by atoms with Gasteiger partial charge in [-0.1, -0.05) is 74.0 Å². The topological polar surface area (TPSA) is 54.3 Å². The van der Waals surface area contributed by atoms with Gasteiger partial charge in [0.05, 0.1) is 5.69 Å². The Morgan fingerprint density at radius 1 is 0.972 bits per heavy atom. The van der Waals surface area contributed by atoms with Crippen LogP contribution in [0.3, 0.4) is 0 Å². The highest BCUT2D eigenvalue weighted by atomic mass is 35.5. The summed E-state index contributed by atoms with van der Waals surface area (Å²) < 4.78 is 2.07. The third-order valence-electron chi connectivity index (χ3n) is 6.34. The van der Waals surface area contributed by atoms with Gasteiger partial charge in [-0.2, -0.15) is 0 Å². The molecule has 0 bridgehead atoms. The van der Waals surface area contributed by atoms with E-state index in [1.165, 1.54) is 4.90 Å². The SMILES string of the molecule is CC(C)c1ccc(N2C(=O)/C(=C/c3cn(Cc4ccccc4Cl)c4ccccc34)C(=O)NC2=S)cc1. The van der Waals surface area contributed by atoms with Crippen LogP contribution in [0.5, 0.6) is 0 Å². The van der Waals surface area contributed by atoms with Crippen molar-refractivity contribution in [3.63, 3.8) is 0 Å². The van der Waals surface area contributed by atoms with E-state index in [1.807, 2.05) is 79.0 Å². The number of hydrogen-bond donors (Lipinski definition) is 1. The second kappa shape index (κ2) is 9.72. The van der Waals surface area contributed by atoms with Gasteiger partial charge < -0.3 is 4.57 Å². The third-order valence-corrected chi connectivity index (χ3v) is 6.99. The third kappa shape index (κ3) is 4.45. The van der Waals surface area contributed by atoms with E-state index in [9.17, 15) is 9.59 Å². The van der Waals surface area contributed by atoms with Crippen LogP contribution in [0.25, 0.3) is 17.0 Å². The molecule has 1 fully saturated rings. The molecule has 2 amide bonds. The van der Waals surface area contributed by atoms with E-state index in [2.05, 4.69) is 23.7 Å². The Kier molecular flexibility index (Phi) is 6.48. The molecule has 1 aliphatic rings. The van der Waals surface area contributed by atoms with E-state index in [0.29, 0.717) is 23.2 Å². The lowest BCUT2D eigenvalue weighted by atomic mass is 10.0. The Labute approximate surface area is 220 Å². The molecule has 180 valence electrons. The van der Waals surface area contributed by atoms with Crippen LogP contribution in [0, 0.1) is 0 Å². The molecule has 3 aromatic carbocycles. The number of hydrogen-bond acceptors (Lipinski definition) is 3. The van der Waals surface area contributed by atoms with E-state index < -0.39 is 11.8 Å². The summed E-state index contributed by atoms with van der Waals surface area (Å²) in [6.07, 6.45) is 3.58. The lowest BCUT2D eigenvalue weighted by Gasteiger charge is -2.29. The van der Waals surface area contributed by atoms with Crippen LogP contribution < -0.4 is 10.2 Å². The number of nitrogens with one attached hydrogen (secondary N) is 1. The van der Waals surface area contributed by atoms with Gasteiger partial charge in [0.2, 0.25) is 0 Å². The molecule has 5 rings (SSSR count). The molecule has 0 saturated carbocycles. The second-order valence-electron chi connectivity index (χ2n) is 9.02. The van der Waals surface area contributed by atoms with Gasteiger partial charge >= 0.3 is 0 Å². The average Bonchev–Trinajstić information content (AvgIpc) is 3.20. The fourth-order valence-electron chi connectivity index (χ4n) is 4.39. The van der Waals surface area contributed by atoms with Crippen molar-refractivity contribution >= 4 is 63.4 Å². The quantitative estimate of drug-likeness (QED) is 0.193. The Hall–Kier alpha value is -3.74. The molecule has 1 aromatic heterocycles. The zero-order valence-corrected chi connectivity index (χ0v) is 21.4. The predicted octanol–water partition coefficient (Wildman–Crippen LogP) is 6.30. The summed E-state index contributed by atoms with van der Waals surface area (Å²) in [5, 5.41) is 4.36. The number of halogens is 1. The van der Waals surface area contributed by atoms with Gasteiger partial charge in [-0.15, -0.1) is 0 Å². The highest BCUT2D eigenvalue weighted by molar-refractivity contribution is 7.80. The van der Waals surface area contributed by atoms with Gasteiger partial charge in [0.1, 0.15) is 5.57 Å². The zero-order valence-electron chi connectivity index (χ0n) is 19.9. The number of carbonyl (C=O) groups excluding carboxylic acids is 2. The van der Waals surface area contributed by atoms with Crippen molar-refractivity contribution in [2.45, 2.75) is 26.3 Å². The Balaban J connectivity index is 1.54. The molecule has 0 spiro atoms. The summed E-state index contributed by atoms with van der Waals surface area (Å²) in [6, 6.07) is 23.2. The molecule has 0 radical (unpaired) electrons. The molecule has 5 nitrogen and oxygen atoms in total. The van der Waals surface area contributed by atoms with Crippen molar-refractivity contribution in [1.29, 1.82) is 0 Å². The lowest BCUT2D eigenvalue weighted by molar-refractivity contribution is -0.122. The molecule has 1 aliphatic heterocycles. The molecule has 7 heteroatoms. The van der Waals surface area contributed by atoms with Crippen LogP contribution >= 0.6 is 23.8 Å². The molecule has 2 heterocycles. The van der Waals surface area contributed by atoms with Crippen LogP contribution in [-0.4, -0.2) is 21.5 Å². The minimum atomic E-state index is -0.511. The fourth-order valence-corrected chi connectivity index (χ4v) is 4.86. The number of rotatable bonds is 5. The first kappa shape index (κ1) is 24.0. The van der Waals surface area contributed by atoms with E-state index in [0.717, 1.165) is 27.6 Å². The second-order valence-corrected chi connectivity index (χ2v) is 9.82. The number of nitrogens with zero attached hydrogens (tertiary/aromatic N) is 2. The molecule has 4 aromatic rings. The maximum absolute atomic E-state index is 13.5. The average molecular weight is 514 g/mol. The summed E-state index contributed by atoms with van der Waals surface area (Å²) in [4.78, 5) is 27.8. The highest BCUT2D eigenvalue weighted by Crippen LogP contribution is 2.29. The number of anilines is 1. The van der Waals surface area contributed by atoms with Gasteiger partial charge in [-0.3, -0.25) is 19.8 Å².